The molecule has 3 aromatic rings. The molecule has 20 heavy (non-hydrogen) atoms. The van der Waals surface area contributed by atoms with E-state index < -0.39 is 0 Å². The quantitative estimate of drug-likeness (QED) is 0.728. The number of hydrogen-bond donors (Lipinski definition) is 1. The predicted molar refractivity (Wildman–Crippen MR) is 79.8 cm³/mol. The molecule has 0 amide bonds. The van der Waals surface area contributed by atoms with Crippen LogP contribution in [0.5, 0.6) is 0 Å². The second-order valence-corrected chi connectivity index (χ2v) is 5.26. The van der Waals surface area contributed by atoms with Crippen molar-refractivity contribution in [3.63, 3.8) is 0 Å². The zero-order valence-corrected chi connectivity index (χ0v) is 12.3. The van der Waals surface area contributed by atoms with Crippen LogP contribution >= 0.6 is 15.9 Å². The minimum absolute atomic E-state index is 0.404. The summed E-state index contributed by atoms with van der Waals surface area (Å²) >= 11 is 3.37. The summed E-state index contributed by atoms with van der Waals surface area (Å²) < 4.78 is 6.21. The van der Waals surface area contributed by atoms with Crippen LogP contribution in [0.25, 0.3) is 22.8 Å². The fourth-order valence-electron chi connectivity index (χ4n) is 1.89. The van der Waals surface area contributed by atoms with Gasteiger partial charge < -0.3 is 10.3 Å². The van der Waals surface area contributed by atoms with Crippen molar-refractivity contribution in [2.45, 2.75) is 6.92 Å². The highest BCUT2D eigenvalue weighted by atomic mass is 79.9. The molecular formula is C14H11BrN4O. The number of rotatable bonds is 2. The van der Waals surface area contributed by atoms with Crippen LogP contribution in [0.1, 0.15) is 5.56 Å². The van der Waals surface area contributed by atoms with Crippen molar-refractivity contribution >= 4 is 21.6 Å². The first-order chi connectivity index (χ1) is 9.65. The Morgan fingerprint density at radius 3 is 2.80 bits per heavy atom. The Morgan fingerprint density at radius 2 is 2.05 bits per heavy atom. The summed E-state index contributed by atoms with van der Waals surface area (Å²) in [7, 11) is 0. The van der Waals surface area contributed by atoms with Gasteiger partial charge >= 0.3 is 0 Å². The molecule has 0 unspecified atom stereocenters. The third kappa shape index (κ3) is 2.30. The van der Waals surface area contributed by atoms with Crippen molar-refractivity contribution in [2.24, 2.45) is 0 Å². The van der Waals surface area contributed by atoms with Crippen molar-refractivity contribution in [1.82, 2.24) is 15.1 Å². The van der Waals surface area contributed by atoms with Gasteiger partial charge in [0.15, 0.2) is 0 Å². The number of aryl methyl sites for hydroxylation is 1. The van der Waals surface area contributed by atoms with Gasteiger partial charge in [-0.3, -0.25) is 4.98 Å². The topological polar surface area (TPSA) is 77.8 Å². The van der Waals surface area contributed by atoms with Crippen LogP contribution in [0.15, 0.2) is 45.7 Å². The molecule has 2 N–H and O–H groups in total. The Balaban J connectivity index is 2.04. The van der Waals surface area contributed by atoms with Crippen LogP contribution < -0.4 is 5.73 Å². The number of anilines is 1. The normalized spacial score (nSPS) is 10.7. The zero-order chi connectivity index (χ0) is 14.1. The number of aromatic nitrogens is 3. The van der Waals surface area contributed by atoms with E-state index in [1.54, 1.807) is 18.5 Å². The van der Waals surface area contributed by atoms with Crippen LogP contribution in [-0.2, 0) is 0 Å². The second kappa shape index (κ2) is 5.05. The molecule has 0 saturated heterocycles. The summed E-state index contributed by atoms with van der Waals surface area (Å²) in [5, 5.41) is 4.01. The number of pyridine rings is 1. The van der Waals surface area contributed by atoms with E-state index in [9.17, 15) is 0 Å². The lowest BCUT2D eigenvalue weighted by atomic mass is 10.1. The van der Waals surface area contributed by atoms with Crippen LogP contribution in [0.2, 0.25) is 0 Å². The minimum Gasteiger partial charge on any atom is -0.398 e. The van der Waals surface area contributed by atoms with E-state index in [4.69, 9.17) is 10.3 Å². The third-order valence-electron chi connectivity index (χ3n) is 2.93. The van der Waals surface area contributed by atoms with Crippen molar-refractivity contribution in [3.05, 3.63) is 46.7 Å². The molecule has 0 atom stereocenters. The Labute approximate surface area is 124 Å². The third-order valence-corrected chi connectivity index (χ3v) is 3.42. The van der Waals surface area contributed by atoms with Gasteiger partial charge in [-0.15, -0.1) is 0 Å². The second-order valence-electron chi connectivity index (χ2n) is 4.35. The van der Waals surface area contributed by atoms with Crippen LogP contribution in [0.3, 0.4) is 0 Å². The molecule has 0 saturated carbocycles. The van der Waals surface area contributed by atoms with E-state index >= 15 is 0 Å². The van der Waals surface area contributed by atoms with Gasteiger partial charge in [0, 0.05) is 28.1 Å². The highest BCUT2D eigenvalue weighted by molar-refractivity contribution is 9.10. The lowest BCUT2D eigenvalue weighted by molar-refractivity contribution is 0.432. The predicted octanol–water partition coefficient (Wildman–Crippen LogP) is 3.45. The molecule has 0 fully saturated rings. The summed E-state index contributed by atoms with van der Waals surface area (Å²) in [6.07, 6.45) is 3.46. The molecule has 6 heteroatoms. The minimum atomic E-state index is 0.404. The van der Waals surface area contributed by atoms with Crippen molar-refractivity contribution in [2.75, 3.05) is 5.73 Å². The lowest BCUT2D eigenvalue weighted by Crippen LogP contribution is -1.90. The first-order valence-corrected chi connectivity index (χ1v) is 6.74. The van der Waals surface area contributed by atoms with Gasteiger partial charge in [0.1, 0.15) is 0 Å². The number of nitrogens with zero attached hydrogens (tertiary/aromatic N) is 3. The molecule has 0 aliphatic carbocycles. The Kier molecular flexibility index (Phi) is 3.23. The molecule has 100 valence electrons. The summed E-state index contributed by atoms with van der Waals surface area (Å²) in [6.45, 7) is 1.95. The van der Waals surface area contributed by atoms with E-state index in [1.807, 2.05) is 25.1 Å². The fraction of sp³-hybridized carbons (Fsp3) is 0.0714. The van der Waals surface area contributed by atoms with Crippen molar-refractivity contribution in [1.29, 1.82) is 0 Å². The van der Waals surface area contributed by atoms with Crippen molar-refractivity contribution in [3.8, 4) is 22.8 Å². The van der Waals surface area contributed by atoms with Crippen LogP contribution in [0.4, 0.5) is 5.69 Å². The van der Waals surface area contributed by atoms with Crippen LogP contribution in [0, 0.1) is 6.92 Å². The average molecular weight is 331 g/mol. The highest BCUT2D eigenvalue weighted by Crippen LogP contribution is 2.29. The van der Waals surface area contributed by atoms with E-state index in [0.29, 0.717) is 17.4 Å². The smallest absolute Gasteiger partial charge is 0.260 e. The highest BCUT2D eigenvalue weighted by Gasteiger charge is 2.14. The Bertz CT molecular complexity index is 769. The van der Waals surface area contributed by atoms with Gasteiger partial charge in [0.25, 0.3) is 5.89 Å². The number of hydrogen-bond acceptors (Lipinski definition) is 5. The molecule has 5 nitrogen and oxygen atoms in total. The van der Waals surface area contributed by atoms with Gasteiger partial charge in [-0.2, -0.15) is 4.98 Å². The number of halogens is 1. The van der Waals surface area contributed by atoms with Gasteiger partial charge in [-0.25, -0.2) is 0 Å². The van der Waals surface area contributed by atoms with E-state index in [2.05, 4.69) is 31.1 Å². The number of nitrogen functional groups attached to an aromatic ring is 1. The first-order valence-electron chi connectivity index (χ1n) is 5.95. The van der Waals surface area contributed by atoms with Gasteiger partial charge in [0.2, 0.25) is 5.82 Å². The summed E-state index contributed by atoms with van der Waals surface area (Å²) in [5.74, 6) is 0.934. The van der Waals surface area contributed by atoms with Crippen LogP contribution in [-0.4, -0.2) is 15.1 Å². The maximum Gasteiger partial charge on any atom is 0.260 e. The van der Waals surface area contributed by atoms with Crippen molar-refractivity contribution < 1.29 is 4.52 Å². The van der Waals surface area contributed by atoms with Gasteiger partial charge in [0.05, 0.1) is 5.56 Å². The molecule has 0 aliphatic heterocycles. The first kappa shape index (κ1) is 12.8. The SMILES string of the molecule is Cc1cnccc1-c1noc(-c2ccc(Br)cc2N)n1. The molecule has 0 radical (unpaired) electrons. The molecule has 2 aromatic heterocycles. The van der Waals surface area contributed by atoms with E-state index in [-0.39, 0.29) is 0 Å². The fourth-order valence-corrected chi connectivity index (χ4v) is 2.27. The average Bonchev–Trinajstić information content (AvgIpc) is 2.88. The standard InChI is InChI=1S/C14H11BrN4O/c1-8-7-17-5-4-10(8)13-18-14(20-19-13)11-3-2-9(15)6-12(11)16/h2-7H,16H2,1H3. The Hall–Kier alpha value is -2.21. The lowest BCUT2D eigenvalue weighted by Gasteiger charge is -2.00. The Morgan fingerprint density at radius 1 is 1.20 bits per heavy atom. The van der Waals surface area contributed by atoms with E-state index in [1.165, 1.54) is 0 Å². The molecule has 0 bridgehead atoms. The van der Waals surface area contributed by atoms with Gasteiger partial charge in [-0.1, -0.05) is 21.1 Å². The molecular weight excluding hydrogens is 320 g/mol. The summed E-state index contributed by atoms with van der Waals surface area (Å²) in [4.78, 5) is 8.45. The molecule has 0 spiro atoms. The summed E-state index contributed by atoms with van der Waals surface area (Å²) in [6, 6.07) is 7.38. The molecule has 2 heterocycles. The summed E-state index contributed by atoms with van der Waals surface area (Å²) in [5.41, 5.74) is 9.15. The molecule has 1 aromatic carbocycles. The zero-order valence-electron chi connectivity index (χ0n) is 10.7. The monoisotopic (exact) mass is 330 g/mol. The maximum absolute atomic E-state index is 5.96. The van der Waals surface area contributed by atoms with E-state index in [0.717, 1.165) is 21.2 Å². The number of benzene rings is 1. The molecule has 0 aliphatic rings. The maximum atomic E-state index is 5.96. The van der Waals surface area contributed by atoms with Gasteiger partial charge in [-0.05, 0) is 36.8 Å². The number of nitrogens with two attached hydrogens (primary N) is 1. The largest absolute Gasteiger partial charge is 0.398 e. The molecule has 3 rings (SSSR count).